The molecule has 1 heterocycles. The van der Waals surface area contributed by atoms with Crippen molar-refractivity contribution in [3.05, 3.63) is 78.0 Å². The topological polar surface area (TPSA) is 12.0 Å². The van der Waals surface area contributed by atoms with Crippen molar-refractivity contribution in [2.45, 2.75) is 5.92 Å². The van der Waals surface area contributed by atoms with E-state index in [1.54, 1.807) is 0 Å². The highest BCUT2D eigenvalue weighted by atomic mass is 14.9. The quantitative estimate of drug-likeness (QED) is 0.752. The maximum atomic E-state index is 3.36. The lowest BCUT2D eigenvalue weighted by molar-refractivity contribution is 0.980. The second-order valence-electron chi connectivity index (χ2n) is 3.89. The van der Waals surface area contributed by atoms with Gasteiger partial charge in [-0.1, -0.05) is 48.5 Å². The molecule has 0 fully saturated rings. The molecule has 2 aromatic rings. The fourth-order valence-corrected chi connectivity index (χ4v) is 2.09. The molecule has 1 radical (unpaired) electrons. The summed E-state index contributed by atoms with van der Waals surface area (Å²) in [7, 11) is 0. The van der Waals surface area contributed by atoms with Crippen molar-refractivity contribution in [2.75, 3.05) is 5.32 Å². The summed E-state index contributed by atoms with van der Waals surface area (Å²) in [6.45, 7) is 0. The Balaban J connectivity index is 2.09. The van der Waals surface area contributed by atoms with E-state index >= 15 is 0 Å². The lowest BCUT2D eigenvalue weighted by atomic mass is 9.88. The highest BCUT2D eigenvalue weighted by Crippen LogP contribution is 2.33. The molecule has 1 atom stereocenters. The second kappa shape index (κ2) is 3.86. The van der Waals surface area contributed by atoms with E-state index < -0.39 is 0 Å². The Morgan fingerprint density at radius 2 is 1.62 bits per heavy atom. The summed E-state index contributed by atoms with van der Waals surface area (Å²) >= 11 is 0. The Morgan fingerprint density at radius 1 is 0.875 bits per heavy atom. The number of benzene rings is 2. The zero-order chi connectivity index (χ0) is 10.8. The smallest absolute Gasteiger partial charge is 0.0422 e. The van der Waals surface area contributed by atoms with Gasteiger partial charge >= 0.3 is 0 Å². The van der Waals surface area contributed by atoms with Gasteiger partial charge in [0.25, 0.3) is 0 Å². The van der Waals surface area contributed by atoms with Crippen LogP contribution in [0, 0.1) is 6.08 Å². The normalized spacial score (nSPS) is 17.6. The van der Waals surface area contributed by atoms with Gasteiger partial charge in [0, 0.05) is 17.8 Å². The molecule has 0 saturated heterocycles. The predicted octanol–water partition coefficient (Wildman–Crippen LogP) is 3.56. The highest BCUT2D eigenvalue weighted by molar-refractivity contribution is 5.59. The maximum absolute atomic E-state index is 3.36. The average molecular weight is 206 g/mol. The molecule has 1 aliphatic heterocycles. The van der Waals surface area contributed by atoms with Crippen LogP contribution in [-0.2, 0) is 0 Å². The van der Waals surface area contributed by atoms with Gasteiger partial charge < -0.3 is 5.32 Å². The molecule has 0 saturated carbocycles. The molecule has 3 rings (SSSR count). The number of allylic oxidation sites excluding steroid dienone is 1. The fourth-order valence-electron chi connectivity index (χ4n) is 2.09. The first-order chi connectivity index (χ1) is 7.95. The first-order valence-electron chi connectivity index (χ1n) is 5.43. The maximum Gasteiger partial charge on any atom is 0.0422 e. The van der Waals surface area contributed by atoms with Crippen LogP contribution in [0.25, 0.3) is 0 Å². The van der Waals surface area contributed by atoms with E-state index in [1.807, 2.05) is 18.3 Å². The molecule has 0 aliphatic carbocycles. The van der Waals surface area contributed by atoms with Gasteiger partial charge in [0.1, 0.15) is 0 Å². The third-order valence-corrected chi connectivity index (χ3v) is 2.88. The summed E-state index contributed by atoms with van der Waals surface area (Å²) in [5.74, 6) is 0.249. The van der Waals surface area contributed by atoms with Crippen molar-refractivity contribution in [3.8, 4) is 0 Å². The number of hydrogen-bond acceptors (Lipinski definition) is 1. The lowest BCUT2D eigenvalue weighted by Gasteiger charge is -2.21. The van der Waals surface area contributed by atoms with Gasteiger partial charge in [-0.25, -0.2) is 0 Å². The summed E-state index contributed by atoms with van der Waals surface area (Å²) in [4.78, 5) is 0. The van der Waals surface area contributed by atoms with Gasteiger partial charge in [0.15, 0.2) is 0 Å². The number of nitrogens with one attached hydrogen (secondary N) is 1. The Kier molecular flexibility index (Phi) is 2.22. The number of fused-ring (bicyclic) bond motifs is 1. The minimum atomic E-state index is 0.249. The van der Waals surface area contributed by atoms with Crippen LogP contribution in [0.1, 0.15) is 17.0 Å². The molecule has 0 amide bonds. The van der Waals surface area contributed by atoms with Crippen molar-refractivity contribution in [3.63, 3.8) is 0 Å². The average Bonchev–Trinajstić information content (AvgIpc) is 2.39. The van der Waals surface area contributed by atoms with Crippen LogP contribution in [0.15, 0.2) is 60.8 Å². The summed E-state index contributed by atoms with van der Waals surface area (Å²) in [5, 5.41) is 3.23. The summed E-state index contributed by atoms with van der Waals surface area (Å²) in [6.07, 6.45) is 5.26. The molecule has 1 aliphatic rings. The third-order valence-electron chi connectivity index (χ3n) is 2.88. The van der Waals surface area contributed by atoms with Gasteiger partial charge in [-0.2, -0.15) is 0 Å². The zero-order valence-electron chi connectivity index (χ0n) is 8.85. The third kappa shape index (κ3) is 1.50. The molecule has 1 N–H and O–H groups in total. The molecule has 2 aromatic carbocycles. The number of hydrogen-bond donors (Lipinski definition) is 1. The summed E-state index contributed by atoms with van der Waals surface area (Å²) in [5.41, 5.74) is 3.75. The van der Waals surface area contributed by atoms with Crippen LogP contribution in [-0.4, -0.2) is 0 Å². The number of anilines is 1. The minimum Gasteiger partial charge on any atom is -0.361 e. The highest BCUT2D eigenvalue weighted by Gasteiger charge is 2.17. The minimum absolute atomic E-state index is 0.249. The van der Waals surface area contributed by atoms with Crippen molar-refractivity contribution in [1.82, 2.24) is 0 Å². The van der Waals surface area contributed by atoms with Gasteiger partial charge in [0.2, 0.25) is 0 Å². The molecule has 0 bridgehead atoms. The van der Waals surface area contributed by atoms with Crippen molar-refractivity contribution < 1.29 is 0 Å². The molecular formula is C15H12N. The van der Waals surface area contributed by atoms with Crippen LogP contribution in [0.4, 0.5) is 5.69 Å². The van der Waals surface area contributed by atoms with Crippen LogP contribution in [0.5, 0.6) is 0 Å². The van der Waals surface area contributed by atoms with Gasteiger partial charge in [-0.3, -0.25) is 0 Å². The van der Waals surface area contributed by atoms with Crippen molar-refractivity contribution in [1.29, 1.82) is 0 Å². The van der Waals surface area contributed by atoms with E-state index in [-0.39, 0.29) is 5.92 Å². The van der Waals surface area contributed by atoms with E-state index in [4.69, 9.17) is 0 Å². The van der Waals surface area contributed by atoms with Crippen LogP contribution in [0.2, 0.25) is 0 Å². The predicted molar refractivity (Wildman–Crippen MR) is 66.2 cm³/mol. The van der Waals surface area contributed by atoms with E-state index in [1.165, 1.54) is 16.8 Å². The number of para-hydroxylation sites is 1. The standard InChI is InChI=1S/C15H12N/c1-2-6-12(7-3-1)13-10-11-16-15-9-5-4-8-14(13)15/h1-9,11,13,16H. The molecule has 0 aromatic heterocycles. The van der Waals surface area contributed by atoms with Crippen LogP contribution in [0.3, 0.4) is 0 Å². The molecule has 1 nitrogen and oxygen atoms in total. The molecule has 16 heavy (non-hydrogen) atoms. The van der Waals surface area contributed by atoms with E-state index in [9.17, 15) is 0 Å². The van der Waals surface area contributed by atoms with Crippen molar-refractivity contribution in [2.24, 2.45) is 0 Å². The molecule has 77 valence electrons. The first kappa shape index (κ1) is 9.22. The second-order valence-corrected chi connectivity index (χ2v) is 3.89. The fraction of sp³-hybridized carbons (Fsp3) is 0.0667. The van der Waals surface area contributed by atoms with Gasteiger partial charge in [-0.05, 0) is 23.3 Å². The SMILES string of the molecule is [C]1=CNc2ccccc2C1c1ccccc1. The first-order valence-corrected chi connectivity index (χ1v) is 5.43. The monoisotopic (exact) mass is 206 g/mol. The largest absolute Gasteiger partial charge is 0.361 e. The van der Waals surface area contributed by atoms with E-state index in [0.29, 0.717) is 0 Å². The van der Waals surface area contributed by atoms with E-state index in [0.717, 1.165) is 0 Å². The Hall–Kier alpha value is -2.02. The van der Waals surface area contributed by atoms with Crippen LogP contribution >= 0.6 is 0 Å². The Morgan fingerprint density at radius 3 is 2.50 bits per heavy atom. The zero-order valence-corrected chi connectivity index (χ0v) is 8.85. The van der Waals surface area contributed by atoms with Crippen LogP contribution < -0.4 is 5.32 Å². The van der Waals surface area contributed by atoms with Crippen molar-refractivity contribution >= 4 is 5.69 Å². The van der Waals surface area contributed by atoms with E-state index in [2.05, 4.69) is 53.9 Å². The molecule has 1 unspecified atom stereocenters. The molecule has 1 heteroatoms. The lowest BCUT2D eigenvalue weighted by Crippen LogP contribution is -2.07. The van der Waals surface area contributed by atoms with Gasteiger partial charge in [-0.15, -0.1) is 0 Å². The van der Waals surface area contributed by atoms with Gasteiger partial charge in [0.05, 0.1) is 0 Å². The Labute approximate surface area is 95.4 Å². The summed E-state index contributed by atoms with van der Waals surface area (Å²) < 4.78 is 0. The molecule has 0 spiro atoms. The number of rotatable bonds is 1. The summed E-state index contributed by atoms with van der Waals surface area (Å²) in [6, 6.07) is 18.9. The Bertz CT molecular complexity index is 514. The molecular weight excluding hydrogens is 194 g/mol.